The number of rotatable bonds is 12. The van der Waals surface area contributed by atoms with E-state index in [1.54, 1.807) is 73.1 Å². The summed E-state index contributed by atoms with van der Waals surface area (Å²) in [6, 6.07) is 14.3. The van der Waals surface area contributed by atoms with Crippen molar-refractivity contribution < 1.29 is 33.2 Å². The summed E-state index contributed by atoms with van der Waals surface area (Å²) in [7, 11) is 9.40. The molecule has 0 aliphatic rings. The largest absolute Gasteiger partial charge is 0.497 e. The van der Waals surface area contributed by atoms with Gasteiger partial charge in [-0.15, -0.1) is 0 Å². The molecule has 3 aromatic rings. The number of nitrogens with one attached hydrogen (secondary N) is 1. The van der Waals surface area contributed by atoms with E-state index in [1.165, 1.54) is 6.08 Å². The van der Waals surface area contributed by atoms with E-state index in [0.29, 0.717) is 45.7 Å². The molecule has 8 nitrogen and oxygen atoms in total. The second-order valence-electron chi connectivity index (χ2n) is 7.63. The predicted molar refractivity (Wildman–Crippen MR) is 145 cm³/mol. The van der Waals surface area contributed by atoms with Crippen molar-refractivity contribution in [2.24, 2.45) is 0 Å². The van der Waals surface area contributed by atoms with Crippen LogP contribution in [0.25, 0.3) is 12.2 Å². The maximum absolute atomic E-state index is 12.6. The molecule has 3 rings (SSSR count). The SMILES string of the molecule is COc1ccc(C(=O)/C=C\Nc2c(/C=C\c3cc(OC)c(OC)c(OC)c3)ccc(OC)c2OC)cc1. The minimum atomic E-state index is -0.161. The molecular weight excluding hydrogens is 474 g/mol. The molecule has 0 amide bonds. The van der Waals surface area contributed by atoms with Gasteiger partial charge in [0.1, 0.15) is 5.75 Å². The Hall–Kier alpha value is -4.59. The molecule has 3 aromatic carbocycles. The van der Waals surface area contributed by atoms with Gasteiger partial charge in [-0.25, -0.2) is 0 Å². The zero-order valence-electron chi connectivity index (χ0n) is 21.8. The Bertz CT molecular complexity index is 1260. The number of hydrogen-bond acceptors (Lipinski definition) is 8. The van der Waals surface area contributed by atoms with Crippen molar-refractivity contribution in [1.82, 2.24) is 0 Å². The van der Waals surface area contributed by atoms with Crippen LogP contribution in [-0.2, 0) is 0 Å². The molecule has 1 N–H and O–H groups in total. The van der Waals surface area contributed by atoms with Gasteiger partial charge < -0.3 is 33.7 Å². The Morgan fingerprint density at radius 3 is 1.84 bits per heavy atom. The topological polar surface area (TPSA) is 84.5 Å². The van der Waals surface area contributed by atoms with Crippen molar-refractivity contribution in [3.05, 3.63) is 77.5 Å². The second kappa shape index (κ2) is 12.9. The Balaban J connectivity index is 1.93. The molecule has 0 atom stereocenters. The Labute approximate surface area is 217 Å². The van der Waals surface area contributed by atoms with E-state index >= 15 is 0 Å². The molecule has 0 bridgehead atoms. The number of allylic oxidation sites excluding steroid dienone is 1. The summed E-state index contributed by atoms with van der Waals surface area (Å²) < 4.78 is 32.5. The van der Waals surface area contributed by atoms with Crippen molar-refractivity contribution in [2.75, 3.05) is 48.0 Å². The summed E-state index contributed by atoms with van der Waals surface area (Å²) in [6.07, 6.45) is 6.83. The molecule has 0 fully saturated rings. The molecule has 0 saturated carbocycles. The first kappa shape index (κ1) is 27.0. The van der Waals surface area contributed by atoms with Crippen LogP contribution in [0.2, 0.25) is 0 Å². The lowest BCUT2D eigenvalue weighted by atomic mass is 10.1. The van der Waals surface area contributed by atoms with E-state index in [1.807, 2.05) is 36.4 Å². The van der Waals surface area contributed by atoms with Crippen molar-refractivity contribution >= 4 is 23.6 Å². The second-order valence-corrected chi connectivity index (χ2v) is 7.63. The molecular formula is C29H31NO7. The van der Waals surface area contributed by atoms with Gasteiger partial charge in [0.15, 0.2) is 28.8 Å². The van der Waals surface area contributed by atoms with E-state index in [-0.39, 0.29) is 5.78 Å². The van der Waals surface area contributed by atoms with Crippen LogP contribution in [0.4, 0.5) is 5.69 Å². The Morgan fingerprint density at radius 1 is 0.676 bits per heavy atom. The van der Waals surface area contributed by atoms with Crippen LogP contribution in [-0.4, -0.2) is 48.4 Å². The first-order valence-corrected chi connectivity index (χ1v) is 11.3. The maximum Gasteiger partial charge on any atom is 0.203 e. The molecule has 0 spiro atoms. The number of ether oxygens (including phenoxy) is 6. The van der Waals surface area contributed by atoms with Crippen LogP contribution >= 0.6 is 0 Å². The van der Waals surface area contributed by atoms with Crippen molar-refractivity contribution in [3.8, 4) is 34.5 Å². The highest BCUT2D eigenvalue weighted by molar-refractivity contribution is 6.04. The fourth-order valence-corrected chi connectivity index (χ4v) is 3.67. The van der Waals surface area contributed by atoms with Gasteiger partial charge in [0.25, 0.3) is 0 Å². The number of benzene rings is 3. The lowest BCUT2D eigenvalue weighted by Gasteiger charge is -2.15. The highest BCUT2D eigenvalue weighted by atomic mass is 16.5. The average molecular weight is 506 g/mol. The molecule has 0 aromatic heterocycles. The number of methoxy groups -OCH3 is 6. The van der Waals surface area contributed by atoms with E-state index in [9.17, 15) is 4.79 Å². The van der Waals surface area contributed by atoms with E-state index in [0.717, 1.165) is 11.1 Å². The number of hydrogen-bond donors (Lipinski definition) is 1. The zero-order valence-corrected chi connectivity index (χ0v) is 21.8. The molecule has 0 aliphatic heterocycles. The summed E-state index contributed by atoms with van der Waals surface area (Å²) in [5.41, 5.74) is 2.80. The fourth-order valence-electron chi connectivity index (χ4n) is 3.67. The van der Waals surface area contributed by atoms with Gasteiger partial charge in [0, 0.05) is 23.4 Å². The van der Waals surface area contributed by atoms with Crippen LogP contribution in [0, 0.1) is 0 Å². The number of anilines is 1. The van der Waals surface area contributed by atoms with Crippen molar-refractivity contribution in [1.29, 1.82) is 0 Å². The minimum Gasteiger partial charge on any atom is -0.497 e. The monoisotopic (exact) mass is 505 g/mol. The van der Waals surface area contributed by atoms with Crippen molar-refractivity contribution in [2.45, 2.75) is 0 Å². The van der Waals surface area contributed by atoms with Gasteiger partial charge in [0.05, 0.1) is 48.3 Å². The summed E-state index contributed by atoms with van der Waals surface area (Å²) in [5, 5.41) is 3.18. The van der Waals surface area contributed by atoms with Crippen LogP contribution in [0.15, 0.2) is 60.8 Å². The fraction of sp³-hybridized carbons (Fsp3) is 0.207. The number of carbonyl (C=O) groups is 1. The van der Waals surface area contributed by atoms with Gasteiger partial charge in [-0.05, 0) is 54.1 Å². The summed E-state index contributed by atoms with van der Waals surface area (Å²) >= 11 is 0. The number of ketones is 1. The summed E-state index contributed by atoms with van der Waals surface area (Å²) in [5.74, 6) is 3.18. The molecule has 0 radical (unpaired) electrons. The zero-order chi connectivity index (χ0) is 26.8. The predicted octanol–water partition coefficient (Wildman–Crippen LogP) is 5.72. The molecule has 0 aliphatic carbocycles. The first-order chi connectivity index (χ1) is 18.0. The third-order valence-electron chi connectivity index (χ3n) is 5.56. The van der Waals surface area contributed by atoms with Gasteiger partial charge in [0.2, 0.25) is 5.75 Å². The number of carbonyl (C=O) groups excluding carboxylic acids is 1. The molecule has 194 valence electrons. The average Bonchev–Trinajstić information content (AvgIpc) is 2.95. The lowest BCUT2D eigenvalue weighted by Crippen LogP contribution is -2.01. The Kier molecular flexibility index (Phi) is 9.43. The normalized spacial score (nSPS) is 10.9. The van der Waals surface area contributed by atoms with E-state index in [2.05, 4.69) is 5.32 Å². The Morgan fingerprint density at radius 2 is 1.30 bits per heavy atom. The highest BCUT2D eigenvalue weighted by Crippen LogP contribution is 2.40. The van der Waals surface area contributed by atoms with Gasteiger partial charge >= 0.3 is 0 Å². The van der Waals surface area contributed by atoms with Crippen LogP contribution in [0.5, 0.6) is 34.5 Å². The van der Waals surface area contributed by atoms with Gasteiger partial charge in [-0.1, -0.05) is 12.2 Å². The standard InChI is InChI=1S/C29H31NO7/c1-32-22-12-9-20(10-13-22)23(31)15-16-30-27-21(11-14-24(33-2)29(27)37-6)8-7-19-17-25(34-3)28(36-5)26(18-19)35-4/h7-18,30H,1-6H3/b8-7-,16-15-. The van der Waals surface area contributed by atoms with Crippen molar-refractivity contribution in [3.63, 3.8) is 0 Å². The summed E-state index contributed by atoms with van der Waals surface area (Å²) in [6.45, 7) is 0. The summed E-state index contributed by atoms with van der Waals surface area (Å²) in [4.78, 5) is 12.6. The smallest absolute Gasteiger partial charge is 0.203 e. The van der Waals surface area contributed by atoms with E-state index < -0.39 is 0 Å². The molecule has 8 heteroatoms. The van der Waals surface area contributed by atoms with Crippen LogP contribution in [0.3, 0.4) is 0 Å². The molecule has 0 saturated heterocycles. The molecule has 0 unspecified atom stereocenters. The van der Waals surface area contributed by atoms with Gasteiger partial charge in [-0.2, -0.15) is 0 Å². The van der Waals surface area contributed by atoms with Crippen LogP contribution in [0.1, 0.15) is 21.5 Å². The third-order valence-corrected chi connectivity index (χ3v) is 5.56. The quantitative estimate of drug-likeness (QED) is 0.190. The molecule has 37 heavy (non-hydrogen) atoms. The van der Waals surface area contributed by atoms with E-state index in [4.69, 9.17) is 28.4 Å². The maximum atomic E-state index is 12.6. The van der Waals surface area contributed by atoms with Crippen LogP contribution < -0.4 is 33.7 Å². The third kappa shape index (κ3) is 6.35. The van der Waals surface area contributed by atoms with Gasteiger partial charge in [-0.3, -0.25) is 4.79 Å². The molecule has 0 heterocycles. The first-order valence-electron chi connectivity index (χ1n) is 11.3. The highest BCUT2D eigenvalue weighted by Gasteiger charge is 2.15. The lowest BCUT2D eigenvalue weighted by molar-refractivity contribution is 0.104. The minimum absolute atomic E-state index is 0.161.